The molecule has 4 nitrogen and oxygen atoms in total. The van der Waals surface area contributed by atoms with Crippen molar-refractivity contribution in [3.05, 3.63) is 117 Å². The Balaban J connectivity index is 1.75. The Morgan fingerprint density at radius 1 is 1.18 bits per heavy atom. The smallest absolute Gasteiger partial charge is 0.337 e. The average molecular weight is 487 g/mol. The quantitative estimate of drug-likeness (QED) is 0.292. The van der Waals surface area contributed by atoms with Gasteiger partial charge in [0.25, 0.3) is 0 Å². The molecule has 0 saturated heterocycles. The third-order valence-electron chi connectivity index (χ3n) is 5.67. The number of benzene rings is 3. The van der Waals surface area contributed by atoms with Crippen molar-refractivity contribution in [1.29, 1.82) is 5.26 Å². The molecule has 1 N–H and O–H groups in total. The first-order chi connectivity index (χ1) is 16.5. The van der Waals surface area contributed by atoms with E-state index >= 15 is 0 Å². The fourth-order valence-corrected chi connectivity index (χ4v) is 5.44. The lowest BCUT2D eigenvalue weighted by Crippen LogP contribution is -2.29. The molecule has 0 bridgehead atoms. The Hall–Kier alpha value is -3.46. The van der Waals surface area contributed by atoms with Crippen molar-refractivity contribution in [3.63, 3.8) is 0 Å². The van der Waals surface area contributed by atoms with Gasteiger partial charge in [0.1, 0.15) is 6.61 Å². The predicted molar refractivity (Wildman–Crippen MR) is 139 cm³/mol. The van der Waals surface area contributed by atoms with E-state index in [2.05, 4.69) is 42.2 Å². The lowest BCUT2D eigenvalue weighted by Gasteiger charge is -2.29. The van der Waals surface area contributed by atoms with Crippen LogP contribution in [-0.2, 0) is 15.3 Å². The van der Waals surface area contributed by atoms with E-state index in [1.165, 1.54) is 34.2 Å². The summed E-state index contributed by atoms with van der Waals surface area (Å²) in [6, 6.07) is 24.1. The summed E-state index contributed by atoms with van der Waals surface area (Å²) >= 11 is 8.08. The zero-order chi connectivity index (χ0) is 24.1. The number of dihydropyridines is 1. The Morgan fingerprint density at radius 3 is 2.68 bits per heavy atom. The van der Waals surface area contributed by atoms with Crippen LogP contribution in [0.1, 0.15) is 24.0 Å². The van der Waals surface area contributed by atoms with Crippen LogP contribution in [0, 0.1) is 11.3 Å². The third-order valence-corrected chi connectivity index (χ3v) is 7.08. The van der Waals surface area contributed by atoms with E-state index in [4.69, 9.17) is 16.3 Å². The highest BCUT2D eigenvalue weighted by molar-refractivity contribution is 8.02. The summed E-state index contributed by atoms with van der Waals surface area (Å²) in [5.41, 5.74) is 3.31. The molecule has 1 atom stereocenters. The number of thioether (sulfide) groups is 1. The minimum atomic E-state index is -0.632. The molecule has 0 radical (unpaired) electrons. The van der Waals surface area contributed by atoms with Crippen molar-refractivity contribution < 1.29 is 9.53 Å². The number of nitrogens with one attached hydrogen (secondary N) is 1. The number of rotatable bonds is 7. The summed E-state index contributed by atoms with van der Waals surface area (Å²) in [6.07, 6.45) is 1.51. The van der Waals surface area contributed by atoms with Gasteiger partial charge >= 0.3 is 5.97 Å². The second-order valence-corrected chi connectivity index (χ2v) is 9.18. The molecule has 1 heterocycles. The maximum Gasteiger partial charge on any atom is 0.337 e. The molecular formula is C28H23ClN2O2S. The van der Waals surface area contributed by atoms with E-state index in [-0.39, 0.29) is 6.61 Å². The van der Waals surface area contributed by atoms with Gasteiger partial charge in [-0.05, 0) is 34.9 Å². The molecule has 4 rings (SSSR count). The Morgan fingerprint density at radius 2 is 1.91 bits per heavy atom. The number of allylic oxidation sites excluding steroid dienone is 2. The highest BCUT2D eigenvalue weighted by Gasteiger charge is 2.36. The van der Waals surface area contributed by atoms with Gasteiger partial charge in [-0.3, -0.25) is 0 Å². The highest BCUT2D eigenvalue weighted by Crippen LogP contribution is 2.43. The molecule has 1 aliphatic rings. The van der Waals surface area contributed by atoms with E-state index in [9.17, 15) is 10.1 Å². The summed E-state index contributed by atoms with van der Waals surface area (Å²) < 4.78 is 5.36. The van der Waals surface area contributed by atoms with Crippen molar-refractivity contribution in [3.8, 4) is 6.07 Å². The molecule has 1 aliphatic heterocycles. The largest absolute Gasteiger partial charge is 0.458 e. The van der Waals surface area contributed by atoms with Crippen LogP contribution in [-0.4, -0.2) is 12.6 Å². The number of ether oxygens (including phenoxy) is 1. The van der Waals surface area contributed by atoms with E-state index in [1.807, 2.05) is 43.3 Å². The zero-order valence-electron chi connectivity index (χ0n) is 18.7. The number of halogens is 1. The summed E-state index contributed by atoms with van der Waals surface area (Å²) in [5.74, 6) is -0.471. The monoisotopic (exact) mass is 486 g/mol. The van der Waals surface area contributed by atoms with Crippen molar-refractivity contribution in [2.24, 2.45) is 0 Å². The molecule has 0 saturated carbocycles. The van der Waals surface area contributed by atoms with Crippen molar-refractivity contribution in [2.75, 3.05) is 6.61 Å². The van der Waals surface area contributed by atoms with Gasteiger partial charge in [-0.2, -0.15) is 5.26 Å². The van der Waals surface area contributed by atoms with Crippen molar-refractivity contribution in [1.82, 2.24) is 5.32 Å². The fourth-order valence-electron chi connectivity index (χ4n) is 4.10. The van der Waals surface area contributed by atoms with Gasteiger partial charge in [-0.15, -0.1) is 11.8 Å². The number of nitriles is 1. The standard InChI is InChI=1S/C28H23ClN2O2S/c1-3-15-33-28(32)25-18(2)31-27(23(16-30)26(25)22-13-6-7-14-24(22)29)34-17-20-11-8-10-19-9-4-5-12-21(19)20/h3-14,26,31H,1,15,17H2,2H3/t26-/m1/s1. The fraction of sp³-hybridized carbons (Fsp3) is 0.143. The van der Waals surface area contributed by atoms with Gasteiger partial charge in [0.05, 0.1) is 28.2 Å². The van der Waals surface area contributed by atoms with Crippen LogP contribution < -0.4 is 5.32 Å². The molecule has 0 unspecified atom stereocenters. The molecule has 6 heteroatoms. The number of carbonyl (C=O) groups excluding carboxylic acids is 1. The zero-order valence-corrected chi connectivity index (χ0v) is 20.2. The number of hydrogen-bond donors (Lipinski definition) is 1. The predicted octanol–water partition coefficient (Wildman–Crippen LogP) is 6.85. The second-order valence-electron chi connectivity index (χ2n) is 7.79. The lowest BCUT2D eigenvalue weighted by molar-refractivity contribution is -0.138. The van der Waals surface area contributed by atoms with E-state index < -0.39 is 11.9 Å². The van der Waals surface area contributed by atoms with E-state index in [1.54, 1.807) is 6.07 Å². The Kier molecular flexibility index (Phi) is 7.42. The van der Waals surface area contributed by atoms with Crippen LogP contribution in [0.25, 0.3) is 10.8 Å². The molecule has 0 amide bonds. The topological polar surface area (TPSA) is 62.1 Å². The van der Waals surface area contributed by atoms with Crippen LogP contribution in [0.3, 0.4) is 0 Å². The Bertz CT molecular complexity index is 1360. The lowest BCUT2D eigenvalue weighted by atomic mass is 9.82. The molecule has 3 aromatic rings. The second kappa shape index (κ2) is 10.6. The molecule has 0 aromatic heterocycles. The molecular weight excluding hydrogens is 464 g/mol. The number of hydrogen-bond acceptors (Lipinski definition) is 5. The summed E-state index contributed by atoms with van der Waals surface area (Å²) in [4.78, 5) is 13.0. The molecule has 34 heavy (non-hydrogen) atoms. The van der Waals surface area contributed by atoms with Gasteiger partial charge in [0.15, 0.2) is 0 Å². The van der Waals surface area contributed by atoms with E-state index in [0.29, 0.717) is 38.2 Å². The van der Waals surface area contributed by atoms with Gasteiger partial charge in [-0.1, -0.05) is 84.9 Å². The highest BCUT2D eigenvalue weighted by atomic mass is 35.5. The maximum atomic E-state index is 13.0. The van der Waals surface area contributed by atoms with Gasteiger partial charge in [0.2, 0.25) is 0 Å². The number of nitrogens with zero attached hydrogens (tertiary/aromatic N) is 1. The molecule has 0 aliphatic carbocycles. The number of esters is 1. The van der Waals surface area contributed by atoms with Crippen LogP contribution in [0.15, 0.2) is 101 Å². The average Bonchev–Trinajstić information content (AvgIpc) is 2.85. The first-order valence-corrected chi connectivity index (χ1v) is 12.2. The normalized spacial score (nSPS) is 15.6. The first kappa shape index (κ1) is 23.7. The number of carbonyl (C=O) groups is 1. The summed E-state index contributed by atoms with van der Waals surface area (Å²) in [7, 11) is 0. The molecule has 3 aromatic carbocycles. The minimum absolute atomic E-state index is 0.0825. The molecule has 170 valence electrons. The SMILES string of the molecule is C=CCOC(=O)C1=C(C)NC(SCc2cccc3ccccc23)=C(C#N)[C@H]1c1ccccc1Cl. The summed E-state index contributed by atoms with van der Waals surface area (Å²) in [5, 5.41) is 17.1. The summed E-state index contributed by atoms with van der Waals surface area (Å²) in [6.45, 7) is 5.51. The van der Waals surface area contributed by atoms with Crippen molar-refractivity contribution in [2.45, 2.75) is 18.6 Å². The first-order valence-electron chi connectivity index (χ1n) is 10.8. The van der Waals surface area contributed by atoms with Crippen LogP contribution >= 0.6 is 23.4 Å². The van der Waals surface area contributed by atoms with Gasteiger partial charge < -0.3 is 10.1 Å². The minimum Gasteiger partial charge on any atom is -0.458 e. The molecule has 0 fully saturated rings. The van der Waals surface area contributed by atoms with Crippen LogP contribution in [0.2, 0.25) is 5.02 Å². The number of fused-ring (bicyclic) bond motifs is 1. The van der Waals surface area contributed by atoms with Gasteiger partial charge in [-0.25, -0.2) is 4.79 Å². The van der Waals surface area contributed by atoms with Crippen molar-refractivity contribution >= 4 is 40.1 Å². The third kappa shape index (κ3) is 4.75. The van der Waals surface area contributed by atoms with Gasteiger partial charge in [0, 0.05) is 16.5 Å². The molecule has 0 spiro atoms. The van der Waals surface area contributed by atoms with Crippen LogP contribution in [0.5, 0.6) is 0 Å². The van der Waals surface area contributed by atoms with E-state index in [0.717, 1.165) is 0 Å². The van der Waals surface area contributed by atoms with Crippen LogP contribution in [0.4, 0.5) is 0 Å². The Labute approximate surface area is 208 Å². The maximum absolute atomic E-state index is 13.0.